The van der Waals surface area contributed by atoms with Gasteiger partial charge in [-0.3, -0.25) is 9.30 Å². The molecule has 0 radical (unpaired) electrons. The Labute approximate surface area is 160 Å². The Kier molecular flexibility index (Phi) is 4.37. The number of nitriles is 1. The van der Waals surface area contributed by atoms with E-state index in [9.17, 15) is 5.26 Å². The van der Waals surface area contributed by atoms with Gasteiger partial charge >= 0.3 is 0 Å². The van der Waals surface area contributed by atoms with E-state index in [1.54, 1.807) is 0 Å². The van der Waals surface area contributed by atoms with Crippen molar-refractivity contribution in [1.29, 1.82) is 5.26 Å². The zero-order valence-corrected chi connectivity index (χ0v) is 16.4. The number of pyridine rings is 1. The Bertz CT molecular complexity index is 1030. The minimum absolute atomic E-state index is 0.339. The number of hydrogen-bond acceptors (Lipinski definition) is 4. The summed E-state index contributed by atoms with van der Waals surface area (Å²) in [6, 6.07) is 12.8. The Balaban J connectivity index is 2.11. The highest BCUT2D eigenvalue weighted by Crippen LogP contribution is 2.40. The summed E-state index contributed by atoms with van der Waals surface area (Å²) in [5.74, 6) is 1.14. The van der Waals surface area contributed by atoms with Crippen LogP contribution in [0.25, 0.3) is 16.8 Å². The van der Waals surface area contributed by atoms with Crippen LogP contribution < -0.4 is 4.90 Å². The van der Waals surface area contributed by atoms with E-state index in [2.05, 4.69) is 76.7 Å². The van der Waals surface area contributed by atoms with Crippen LogP contribution in [0.1, 0.15) is 29.7 Å². The Morgan fingerprint density at radius 2 is 1.93 bits per heavy atom. The standard InChI is InChI=1S/C22H25N5/c1-15-14-27-21(24-15)18(13-23)16(2)20(17-9-6-5-7-10-17)22(27)26-12-8-11-19(26)25(3)4/h5-7,9-10,14,19H,8,11-12H2,1-4H3. The number of rotatable bonds is 3. The van der Waals surface area contributed by atoms with E-state index < -0.39 is 0 Å². The molecule has 3 aromatic rings. The Morgan fingerprint density at radius 1 is 1.19 bits per heavy atom. The van der Waals surface area contributed by atoms with Crippen LogP contribution in [0, 0.1) is 25.2 Å². The number of benzene rings is 1. The van der Waals surface area contributed by atoms with Crippen LogP contribution in [0.4, 0.5) is 5.82 Å². The van der Waals surface area contributed by atoms with Gasteiger partial charge in [0.25, 0.3) is 0 Å². The average Bonchev–Trinajstić information content (AvgIpc) is 3.28. The zero-order valence-electron chi connectivity index (χ0n) is 16.4. The fourth-order valence-electron chi connectivity index (χ4n) is 4.32. The van der Waals surface area contributed by atoms with Crippen molar-refractivity contribution in [2.75, 3.05) is 25.5 Å². The smallest absolute Gasteiger partial charge is 0.156 e. The lowest BCUT2D eigenvalue weighted by Crippen LogP contribution is -2.41. The highest BCUT2D eigenvalue weighted by molar-refractivity contribution is 5.85. The number of aryl methyl sites for hydroxylation is 1. The van der Waals surface area contributed by atoms with Gasteiger partial charge in [0, 0.05) is 18.3 Å². The van der Waals surface area contributed by atoms with Gasteiger partial charge in [0.05, 0.1) is 17.4 Å². The van der Waals surface area contributed by atoms with Crippen molar-refractivity contribution < 1.29 is 0 Å². The van der Waals surface area contributed by atoms with E-state index >= 15 is 0 Å². The van der Waals surface area contributed by atoms with Crippen LogP contribution in [0.5, 0.6) is 0 Å². The van der Waals surface area contributed by atoms with Crippen molar-refractivity contribution in [1.82, 2.24) is 14.3 Å². The largest absolute Gasteiger partial charge is 0.341 e. The molecule has 5 heteroatoms. The molecule has 1 saturated heterocycles. The van der Waals surface area contributed by atoms with Gasteiger partial charge < -0.3 is 4.90 Å². The maximum atomic E-state index is 9.87. The third kappa shape index (κ3) is 2.77. The van der Waals surface area contributed by atoms with E-state index in [1.165, 1.54) is 0 Å². The molecule has 27 heavy (non-hydrogen) atoms. The van der Waals surface area contributed by atoms with Crippen molar-refractivity contribution in [2.24, 2.45) is 0 Å². The zero-order chi connectivity index (χ0) is 19.1. The number of imidazole rings is 1. The molecule has 0 amide bonds. The van der Waals surface area contributed by atoms with Gasteiger partial charge in [0.2, 0.25) is 0 Å². The number of aromatic nitrogens is 2. The predicted octanol–water partition coefficient (Wildman–Crippen LogP) is 3.98. The highest BCUT2D eigenvalue weighted by Gasteiger charge is 2.32. The molecule has 3 heterocycles. The van der Waals surface area contributed by atoms with Gasteiger partial charge in [0.15, 0.2) is 5.65 Å². The van der Waals surface area contributed by atoms with Crippen LogP contribution in [-0.2, 0) is 0 Å². The van der Waals surface area contributed by atoms with Gasteiger partial charge in [-0.15, -0.1) is 0 Å². The molecule has 1 aromatic carbocycles. The molecule has 1 aliphatic rings. The summed E-state index contributed by atoms with van der Waals surface area (Å²) in [6.45, 7) is 5.04. The third-order valence-electron chi connectivity index (χ3n) is 5.52. The summed E-state index contributed by atoms with van der Waals surface area (Å²) >= 11 is 0. The van der Waals surface area contributed by atoms with Crippen molar-refractivity contribution in [3.63, 3.8) is 0 Å². The second-order valence-electron chi connectivity index (χ2n) is 7.53. The van der Waals surface area contributed by atoms with Gasteiger partial charge in [-0.1, -0.05) is 30.3 Å². The molecule has 0 spiro atoms. The summed E-state index contributed by atoms with van der Waals surface area (Å²) in [5.41, 5.74) is 5.61. The minimum Gasteiger partial charge on any atom is -0.341 e. The van der Waals surface area contributed by atoms with Crippen molar-refractivity contribution in [3.8, 4) is 17.2 Å². The number of hydrogen-bond donors (Lipinski definition) is 0. The third-order valence-corrected chi connectivity index (χ3v) is 5.52. The second kappa shape index (κ2) is 6.71. The van der Waals surface area contributed by atoms with E-state index in [0.29, 0.717) is 11.7 Å². The molecule has 1 atom stereocenters. The summed E-state index contributed by atoms with van der Waals surface area (Å²) < 4.78 is 2.13. The first-order valence-corrected chi connectivity index (χ1v) is 9.43. The van der Waals surface area contributed by atoms with Crippen molar-refractivity contribution >= 4 is 11.5 Å². The molecular weight excluding hydrogens is 334 g/mol. The van der Waals surface area contributed by atoms with E-state index in [0.717, 1.165) is 53.2 Å². The van der Waals surface area contributed by atoms with Crippen LogP contribution in [0.15, 0.2) is 36.5 Å². The van der Waals surface area contributed by atoms with Crippen LogP contribution in [0.3, 0.4) is 0 Å². The molecule has 0 aliphatic carbocycles. The quantitative estimate of drug-likeness (QED) is 0.710. The highest BCUT2D eigenvalue weighted by atomic mass is 15.4. The molecule has 138 valence electrons. The van der Waals surface area contributed by atoms with Gasteiger partial charge in [-0.2, -0.15) is 5.26 Å². The van der Waals surface area contributed by atoms with Gasteiger partial charge in [-0.05, 0) is 51.9 Å². The molecule has 5 nitrogen and oxygen atoms in total. The summed E-state index contributed by atoms with van der Waals surface area (Å²) in [7, 11) is 4.27. The predicted molar refractivity (Wildman–Crippen MR) is 109 cm³/mol. The van der Waals surface area contributed by atoms with Gasteiger partial charge in [-0.25, -0.2) is 4.98 Å². The summed E-state index contributed by atoms with van der Waals surface area (Å²) in [4.78, 5) is 9.44. The van der Waals surface area contributed by atoms with Crippen molar-refractivity contribution in [3.05, 3.63) is 53.3 Å². The second-order valence-corrected chi connectivity index (χ2v) is 7.53. The van der Waals surface area contributed by atoms with Crippen molar-refractivity contribution in [2.45, 2.75) is 32.9 Å². The lowest BCUT2D eigenvalue weighted by molar-refractivity contribution is 0.300. The fourth-order valence-corrected chi connectivity index (χ4v) is 4.32. The minimum atomic E-state index is 0.339. The molecule has 1 fully saturated rings. The van der Waals surface area contributed by atoms with Crippen LogP contribution >= 0.6 is 0 Å². The average molecular weight is 359 g/mol. The first-order valence-electron chi connectivity index (χ1n) is 9.43. The van der Waals surface area contributed by atoms with Crippen LogP contribution in [-0.4, -0.2) is 41.1 Å². The molecule has 2 aromatic heterocycles. The maximum Gasteiger partial charge on any atom is 0.156 e. The molecule has 1 unspecified atom stereocenters. The lowest BCUT2D eigenvalue weighted by Gasteiger charge is -2.34. The topological polar surface area (TPSA) is 47.6 Å². The van der Waals surface area contributed by atoms with E-state index in [4.69, 9.17) is 0 Å². The normalized spacial score (nSPS) is 17.0. The molecule has 1 aliphatic heterocycles. The lowest BCUT2D eigenvalue weighted by atomic mass is 9.97. The van der Waals surface area contributed by atoms with Crippen LogP contribution in [0.2, 0.25) is 0 Å². The first kappa shape index (κ1) is 17.6. The molecule has 0 N–H and O–H groups in total. The number of anilines is 1. The first-order chi connectivity index (χ1) is 13.0. The molecule has 0 saturated carbocycles. The molecular formula is C22H25N5. The fraction of sp³-hybridized carbons (Fsp3) is 0.364. The summed E-state index contributed by atoms with van der Waals surface area (Å²) in [5, 5.41) is 9.87. The molecule has 4 rings (SSSR count). The van der Waals surface area contributed by atoms with E-state index in [1.807, 2.05) is 13.0 Å². The Morgan fingerprint density at radius 3 is 2.59 bits per heavy atom. The molecule has 0 bridgehead atoms. The maximum absolute atomic E-state index is 9.87. The SMILES string of the molecule is Cc1cn2c(N3CCCC3N(C)C)c(-c3ccccc3)c(C)c(C#N)c2n1. The number of fused-ring (bicyclic) bond motifs is 1. The monoisotopic (exact) mass is 359 g/mol. The van der Waals surface area contributed by atoms with E-state index in [-0.39, 0.29) is 0 Å². The van der Waals surface area contributed by atoms with Gasteiger partial charge in [0.1, 0.15) is 11.9 Å². The Hall–Kier alpha value is -2.84. The summed E-state index contributed by atoms with van der Waals surface area (Å²) in [6.07, 6.45) is 4.69. The number of nitrogens with zero attached hydrogens (tertiary/aromatic N) is 5.